The Morgan fingerprint density at radius 2 is 2.33 bits per heavy atom. The number of nitrogens with zero attached hydrogens (tertiary/aromatic N) is 1. The zero-order valence-corrected chi connectivity index (χ0v) is 12.4. The van der Waals surface area contributed by atoms with Crippen molar-refractivity contribution in [1.29, 1.82) is 0 Å². The van der Waals surface area contributed by atoms with Crippen LogP contribution in [0.15, 0.2) is 23.6 Å². The summed E-state index contributed by atoms with van der Waals surface area (Å²) in [5.41, 5.74) is 6.16. The fourth-order valence-electron chi connectivity index (χ4n) is 1.63. The lowest BCUT2D eigenvalue weighted by atomic mass is 10.2. The van der Waals surface area contributed by atoms with Gasteiger partial charge in [0.1, 0.15) is 22.3 Å². The Labute approximate surface area is 126 Å². The Morgan fingerprint density at radius 1 is 1.52 bits per heavy atom. The molecule has 0 saturated carbocycles. The molecule has 2 aromatic rings. The lowest BCUT2D eigenvalue weighted by molar-refractivity contribution is 0.102. The summed E-state index contributed by atoms with van der Waals surface area (Å²) < 4.78 is 18.7. The van der Waals surface area contributed by atoms with Gasteiger partial charge >= 0.3 is 0 Å². The number of carbonyl (C=O) groups excluding carboxylic acids is 1. The van der Waals surface area contributed by atoms with Crippen molar-refractivity contribution in [3.63, 3.8) is 0 Å². The fraction of sp³-hybridized carbons (Fsp3) is 0.286. The van der Waals surface area contributed by atoms with Crippen molar-refractivity contribution in [3.05, 3.63) is 40.1 Å². The summed E-state index contributed by atoms with van der Waals surface area (Å²) in [6.07, 6.45) is 0.788. The molecule has 0 saturated heterocycles. The van der Waals surface area contributed by atoms with Gasteiger partial charge < -0.3 is 15.8 Å². The van der Waals surface area contributed by atoms with Gasteiger partial charge in [-0.2, -0.15) is 0 Å². The predicted octanol–water partition coefficient (Wildman–Crippen LogP) is 2.78. The quantitative estimate of drug-likeness (QED) is 0.860. The monoisotopic (exact) mass is 309 g/mol. The third kappa shape index (κ3) is 3.99. The smallest absolute Gasteiger partial charge is 0.275 e. The molecule has 5 nitrogen and oxygen atoms in total. The van der Waals surface area contributed by atoms with Crippen molar-refractivity contribution in [1.82, 2.24) is 4.98 Å². The highest BCUT2D eigenvalue weighted by atomic mass is 32.1. The molecule has 1 aromatic carbocycles. The van der Waals surface area contributed by atoms with Crippen LogP contribution in [0.4, 0.5) is 10.1 Å². The molecular weight excluding hydrogens is 293 g/mol. The number of amides is 1. The number of benzene rings is 1. The van der Waals surface area contributed by atoms with Crippen LogP contribution in [-0.4, -0.2) is 17.5 Å². The van der Waals surface area contributed by atoms with E-state index in [1.54, 1.807) is 5.38 Å². The second-order valence-corrected chi connectivity index (χ2v) is 5.22. The van der Waals surface area contributed by atoms with Crippen LogP contribution in [0.2, 0.25) is 0 Å². The van der Waals surface area contributed by atoms with Gasteiger partial charge in [0, 0.05) is 18.0 Å². The molecule has 2 rings (SSSR count). The molecule has 0 bridgehead atoms. The summed E-state index contributed by atoms with van der Waals surface area (Å²) in [5, 5.41) is 4.99. The zero-order valence-electron chi connectivity index (χ0n) is 11.6. The van der Waals surface area contributed by atoms with Gasteiger partial charge in [-0.1, -0.05) is 6.92 Å². The molecule has 1 amide bonds. The number of hydrogen-bond donors (Lipinski definition) is 2. The second kappa shape index (κ2) is 7.14. The molecule has 0 aliphatic heterocycles. The van der Waals surface area contributed by atoms with Crippen LogP contribution in [0.1, 0.15) is 28.8 Å². The molecule has 7 heteroatoms. The number of nitrogens with two attached hydrogens (primary N) is 1. The van der Waals surface area contributed by atoms with Crippen LogP contribution in [0.25, 0.3) is 0 Å². The molecule has 0 spiro atoms. The van der Waals surface area contributed by atoms with Crippen LogP contribution in [0, 0.1) is 5.82 Å². The first-order valence-corrected chi connectivity index (χ1v) is 7.40. The van der Waals surface area contributed by atoms with E-state index < -0.39 is 5.82 Å². The Bertz CT molecular complexity index is 630. The standard InChI is InChI=1S/C14H16FN3O2S/c1-2-5-20-12-6-9(15)3-4-10(12)18-14(19)11-8-21-13(7-16)17-11/h3-4,6,8H,2,5,7,16H2,1H3,(H,18,19). The number of thiazole rings is 1. The third-order valence-electron chi connectivity index (χ3n) is 2.61. The van der Waals surface area contributed by atoms with Gasteiger partial charge in [0.15, 0.2) is 0 Å². The third-order valence-corrected chi connectivity index (χ3v) is 3.48. The fourth-order valence-corrected chi connectivity index (χ4v) is 2.28. The van der Waals surface area contributed by atoms with Gasteiger partial charge in [-0.05, 0) is 18.6 Å². The number of carbonyl (C=O) groups is 1. The molecule has 112 valence electrons. The summed E-state index contributed by atoms with van der Waals surface area (Å²) in [6.45, 7) is 2.68. The lowest BCUT2D eigenvalue weighted by Gasteiger charge is -2.11. The van der Waals surface area contributed by atoms with Crippen molar-refractivity contribution in [2.45, 2.75) is 19.9 Å². The number of halogens is 1. The summed E-state index contributed by atoms with van der Waals surface area (Å²) in [4.78, 5) is 16.2. The van der Waals surface area contributed by atoms with E-state index in [1.165, 1.54) is 29.5 Å². The summed E-state index contributed by atoms with van der Waals surface area (Å²) in [6, 6.07) is 3.98. The molecule has 0 unspecified atom stereocenters. The molecule has 3 N–H and O–H groups in total. The van der Waals surface area contributed by atoms with E-state index in [1.807, 2.05) is 6.92 Å². The van der Waals surface area contributed by atoms with E-state index in [0.29, 0.717) is 29.6 Å². The van der Waals surface area contributed by atoms with Gasteiger partial charge in [-0.25, -0.2) is 9.37 Å². The maximum Gasteiger partial charge on any atom is 0.275 e. The number of aromatic nitrogens is 1. The molecule has 0 aliphatic carbocycles. The highest BCUT2D eigenvalue weighted by Crippen LogP contribution is 2.26. The number of hydrogen-bond acceptors (Lipinski definition) is 5. The SMILES string of the molecule is CCCOc1cc(F)ccc1NC(=O)c1csc(CN)n1. The van der Waals surface area contributed by atoms with Gasteiger partial charge in [-0.3, -0.25) is 4.79 Å². The topological polar surface area (TPSA) is 77.2 Å². The molecule has 1 heterocycles. The minimum absolute atomic E-state index is 0.284. The minimum Gasteiger partial charge on any atom is -0.491 e. The summed E-state index contributed by atoms with van der Waals surface area (Å²) in [7, 11) is 0. The van der Waals surface area contributed by atoms with Crippen molar-refractivity contribution in [2.75, 3.05) is 11.9 Å². The maximum absolute atomic E-state index is 13.3. The maximum atomic E-state index is 13.3. The first-order chi connectivity index (χ1) is 10.1. The second-order valence-electron chi connectivity index (χ2n) is 4.27. The Hall–Kier alpha value is -1.99. The van der Waals surface area contributed by atoms with E-state index in [0.717, 1.165) is 6.42 Å². The molecular formula is C14H16FN3O2S. The molecule has 21 heavy (non-hydrogen) atoms. The highest BCUT2D eigenvalue weighted by Gasteiger charge is 2.13. The minimum atomic E-state index is -0.418. The number of nitrogens with one attached hydrogen (secondary N) is 1. The van der Waals surface area contributed by atoms with Crippen molar-refractivity contribution < 1.29 is 13.9 Å². The summed E-state index contributed by atoms with van der Waals surface area (Å²) >= 11 is 1.32. The molecule has 0 fully saturated rings. The number of ether oxygens (including phenoxy) is 1. The van der Waals surface area contributed by atoms with E-state index in [9.17, 15) is 9.18 Å². The van der Waals surface area contributed by atoms with E-state index in [4.69, 9.17) is 10.5 Å². The Morgan fingerprint density at radius 3 is 3.00 bits per heavy atom. The van der Waals surface area contributed by atoms with Gasteiger partial charge in [0.25, 0.3) is 5.91 Å². The van der Waals surface area contributed by atoms with Crippen molar-refractivity contribution in [2.24, 2.45) is 5.73 Å². The van der Waals surface area contributed by atoms with Gasteiger partial charge in [0.05, 0.1) is 12.3 Å². The number of anilines is 1. The first kappa shape index (κ1) is 15.4. The van der Waals surface area contributed by atoms with Gasteiger partial charge in [-0.15, -0.1) is 11.3 Å². The van der Waals surface area contributed by atoms with E-state index in [-0.39, 0.29) is 11.6 Å². The predicted molar refractivity (Wildman–Crippen MR) is 80.1 cm³/mol. The number of rotatable bonds is 6. The lowest BCUT2D eigenvalue weighted by Crippen LogP contribution is -2.14. The molecule has 1 aromatic heterocycles. The average molecular weight is 309 g/mol. The van der Waals surface area contributed by atoms with Crippen LogP contribution in [-0.2, 0) is 6.54 Å². The first-order valence-electron chi connectivity index (χ1n) is 6.52. The van der Waals surface area contributed by atoms with Crippen molar-refractivity contribution >= 4 is 22.9 Å². The summed E-state index contributed by atoms with van der Waals surface area (Å²) in [5.74, 6) is -0.489. The Balaban J connectivity index is 2.16. The molecule has 0 atom stereocenters. The highest BCUT2D eigenvalue weighted by molar-refractivity contribution is 7.09. The average Bonchev–Trinajstić information content (AvgIpc) is 2.96. The van der Waals surface area contributed by atoms with Crippen LogP contribution in [0.3, 0.4) is 0 Å². The van der Waals surface area contributed by atoms with Gasteiger partial charge in [0.2, 0.25) is 0 Å². The van der Waals surface area contributed by atoms with Crippen LogP contribution in [0.5, 0.6) is 5.75 Å². The zero-order chi connectivity index (χ0) is 15.2. The van der Waals surface area contributed by atoms with Crippen LogP contribution < -0.4 is 15.8 Å². The largest absolute Gasteiger partial charge is 0.491 e. The molecule has 0 radical (unpaired) electrons. The van der Waals surface area contributed by atoms with Crippen molar-refractivity contribution in [3.8, 4) is 5.75 Å². The Kier molecular flexibility index (Phi) is 5.24. The molecule has 0 aliphatic rings. The normalized spacial score (nSPS) is 10.4. The van der Waals surface area contributed by atoms with E-state index in [2.05, 4.69) is 10.3 Å². The van der Waals surface area contributed by atoms with E-state index >= 15 is 0 Å². The van der Waals surface area contributed by atoms with Crippen LogP contribution >= 0.6 is 11.3 Å².